The lowest BCUT2D eigenvalue weighted by Gasteiger charge is -2.21. The van der Waals surface area contributed by atoms with Gasteiger partial charge in [-0.15, -0.1) is 0 Å². The van der Waals surface area contributed by atoms with E-state index in [0.29, 0.717) is 12.0 Å². The van der Waals surface area contributed by atoms with Crippen molar-refractivity contribution in [3.63, 3.8) is 0 Å². The van der Waals surface area contributed by atoms with Crippen molar-refractivity contribution in [1.82, 2.24) is 5.06 Å². The summed E-state index contributed by atoms with van der Waals surface area (Å²) < 4.78 is 5.54. The monoisotopic (exact) mass is 205 g/mol. The van der Waals surface area contributed by atoms with Gasteiger partial charge in [0.15, 0.2) is 6.29 Å². The molecule has 2 saturated heterocycles. The number of hydrogen-bond acceptors (Lipinski definition) is 3. The van der Waals surface area contributed by atoms with Gasteiger partial charge in [-0.05, 0) is 12.0 Å². The van der Waals surface area contributed by atoms with E-state index in [1.54, 1.807) is 0 Å². The van der Waals surface area contributed by atoms with Crippen LogP contribution >= 0.6 is 0 Å². The molecule has 1 aromatic carbocycles. The number of hydrogen-bond donors (Lipinski definition) is 0. The Morgan fingerprint density at radius 3 is 2.87 bits per heavy atom. The normalized spacial score (nSPS) is 35.7. The van der Waals surface area contributed by atoms with Crippen LogP contribution in [-0.2, 0) is 9.57 Å². The SMILES string of the molecule is CN1O[C@H]2OCC[C@H]2[C@H]1c1ccccc1. The summed E-state index contributed by atoms with van der Waals surface area (Å²) in [7, 11) is 1.99. The highest BCUT2D eigenvalue weighted by Crippen LogP contribution is 2.43. The summed E-state index contributed by atoms with van der Waals surface area (Å²) in [6.45, 7) is 0.826. The van der Waals surface area contributed by atoms with Gasteiger partial charge in [-0.1, -0.05) is 30.3 Å². The summed E-state index contributed by atoms with van der Waals surface area (Å²) in [5.41, 5.74) is 1.32. The van der Waals surface area contributed by atoms with Crippen molar-refractivity contribution in [2.45, 2.75) is 18.8 Å². The molecule has 0 amide bonds. The molecule has 15 heavy (non-hydrogen) atoms. The second-order valence-corrected chi connectivity index (χ2v) is 4.20. The molecule has 3 atom stereocenters. The topological polar surface area (TPSA) is 21.7 Å². The Balaban J connectivity index is 1.91. The third-order valence-corrected chi connectivity index (χ3v) is 3.29. The first-order chi connectivity index (χ1) is 7.36. The number of benzene rings is 1. The first-order valence-corrected chi connectivity index (χ1v) is 5.42. The Labute approximate surface area is 89.6 Å². The van der Waals surface area contributed by atoms with Crippen LogP contribution in [-0.4, -0.2) is 25.0 Å². The number of fused-ring (bicyclic) bond motifs is 1. The zero-order chi connectivity index (χ0) is 10.3. The van der Waals surface area contributed by atoms with Crippen molar-refractivity contribution in [1.29, 1.82) is 0 Å². The van der Waals surface area contributed by atoms with Crippen LogP contribution in [0.3, 0.4) is 0 Å². The lowest BCUT2D eigenvalue weighted by molar-refractivity contribution is -0.221. The molecular weight excluding hydrogens is 190 g/mol. The van der Waals surface area contributed by atoms with Crippen LogP contribution in [0, 0.1) is 5.92 Å². The molecule has 0 spiro atoms. The van der Waals surface area contributed by atoms with E-state index in [0.717, 1.165) is 13.0 Å². The summed E-state index contributed by atoms with van der Waals surface area (Å²) in [6, 6.07) is 10.9. The molecule has 0 saturated carbocycles. The van der Waals surface area contributed by atoms with E-state index in [1.807, 2.05) is 18.2 Å². The molecule has 3 rings (SSSR count). The standard InChI is InChI=1S/C12H15NO2/c1-13-11(9-5-3-2-4-6-9)10-7-8-14-12(10)15-13/h2-6,10-12H,7-8H2,1H3/t10-,11+,12+/m0/s1. The van der Waals surface area contributed by atoms with Crippen molar-refractivity contribution in [3.8, 4) is 0 Å². The van der Waals surface area contributed by atoms with Crippen molar-refractivity contribution in [2.75, 3.05) is 13.7 Å². The molecule has 1 aromatic rings. The minimum Gasteiger partial charge on any atom is -0.350 e. The molecule has 0 bridgehead atoms. The maximum Gasteiger partial charge on any atom is 0.182 e. The van der Waals surface area contributed by atoms with Gasteiger partial charge in [0.1, 0.15) is 0 Å². The van der Waals surface area contributed by atoms with Gasteiger partial charge in [-0.3, -0.25) is 4.84 Å². The minimum absolute atomic E-state index is 0.0276. The molecule has 2 aliphatic heterocycles. The average Bonchev–Trinajstić information content (AvgIpc) is 2.78. The van der Waals surface area contributed by atoms with Crippen LogP contribution in [0.2, 0.25) is 0 Å². The van der Waals surface area contributed by atoms with Gasteiger partial charge in [0, 0.05) is 13.0 Å². The number of hydroxylamine groups is 2. The first kappa shape index (κ1) is 9.33. The summed E-state index contributed by atoms with van der Waals surface area (Å²) in [6.07, 6.45) is 1.06. The lowest BCUT2D eigenvalue weighted by Crippen LogP contribution is -2.20. The molecule has 3 nitrogen and oxygen atoms in total. The lowest BCUT2D eigenvalue weighted by atomic mass is 9.92. The largest absolute Gasteiger partial charge is 0.350 e. The van der Waals surface area contributed by atoms with E-state index in [2.05, 4.69) is 24.3 Å². The van der Waals surface area contributed by atoms with Gasteiger partial charge in [-0.25, -0.2) is 0 Å². The van der Waals surface area contributed by atoms with Gasteiger partial charge in [0.2, 0.25) is 0 Å². The highest BCUT2D eigenvalue weighted by molar-refractivity contribution is 5.20. The van der Waals surface area contributed by atoms with Crippen molar-refractivity contribution >= 4 is 0 Å². The third kappa shape index (κ3) is 1.47. The Morgan fingerprint density at radius 1 is 1.27 bits per heavy atom. The molecule has 2 aliphatic rings. The maximum absolute atomic E-state index is 5.66. The van der Waals surface area contributed by atoms with E-state index in [9.17, 15) is 0 Å². The van der Waals surface area contributed by atoms with E-state index in [-0.39, 0.29) is 6.29 Å². The molecule has 80 valence electrons. The van der Waals surface area contributed by atoms with Crippen molar-refractivity contribution in [2.24, 2.45) is 5.92 Å². The van der Waals surface area contributed by atoms with Gasteiger partial charge in [0.05, 0.1) is 12.6 Å². The Morgan fingerprint density at radius 2 is 2.07 bits per heavy atom. The van der Waals surface area contributed by atoms with E-state index >= 15 is 0 Å². The average molecular weight is 205 g/mol. The van der Waals surface area contributed by atoms with E-state index in [1.165, 1.54) is 5.56 Å². The summed E-state index contributed by atoms with van der Waals surface area (Å²) >= 11 is 0. The van der Waals surface area contributed by atoms with Crippen LogP contribution in [0.15, 0.2) is 30.3 Å². The van der Waals surface area contributed by atoms with Crippen LogP contribution in [0.25, 0.3) is 0 Å². The molecule has 0 radical (unpaired) electrons. The molecule has 3 heteroatoms. The zero-order valence-electron chi connectivity index (χ0n) is 8.80. The second kappa shape index (κ2) is 3.59. The first-order valence-electron chi connectivity index (χ1n) is 5.42. The smallest absolute Gasteiger partial charge is 0.182 e. The van der Waals surface area contributed by atoms with Gasteiger partial charge >= 0.3 is 0 Å². The maximum atomic E-state index is 5.66. The summed E-state index contributed by atoms with van der Waals surface area (Å²) in [5, 5.41) is 1.93. The predicted octanol–water partition coefficient (Wildman–Crippen LogP) is 1.97. The molecule has 0 N–H and O–H groups in total. The van der Waals surface area contributed by atoms with Gasteiger partial charge in [-0.2, -0.15) is 5.06 Å². The zero-order valence-corrected chi connectivity index (χ0v) is 8.80. The number of nitrogens with zero attached hydrogens (tertiary/aromatic N) is 1. The highest BCUT2D eigenvalue weighted by atomic mass is 16.8. The highest BCUT2D eigenvalue weighted by Gasteiger charge is 2.45. The molecular formula is C12H15NO2. The fraction of sp³-hybridized carbons (Fsp3) is 0.500. The summed E-state index contributed by atoms with van der Waals surface area (Å²) in [4.78, 5) is 5.66. The quantitative estimate of drug-likeness (QED) is 0.699. The molecule has 2 heterocycles. The van der Waals surface area contributed by atoms with Crippen LogP contribution < -0.4 is 0 Å². The molecule has 0 aromatic heterocycles. The molecule has 2 fully saturated rings. The Kier molecular flexibility index (Phi) is 2.24. The predicted molar refractivity (Wildman–Crippen MR) is 55.9 cm³/mol. The van der Waals surface area contributed by atoms with E-state index < -0.39 is 0 Å². The minimum atomic E-state index is -0.0276. The van der Waals surface area contributed by atoms with Crippen molar-refractivity contribution in [3.05, 3.63) is 35.9 Å². The summed E-state index contributed by atoms with van der Waals surface area (Å²) in [5.74, 6) is 0.484. The number of ether oxygens (including phenoxy) is 1. The van der Waals surface area contributed by atoms with Crippen LogP contribution in [0.5, 0.6) is 0 Å². The van der Waals surface area contributed by atoms with Crippen LogP contribution in [0.1, 0.15) is 18.0 Å². The van der Waals surface area contributed by atoms with E-state index in [4.69, 9.17) is 9.57 Å². The van der Waals surface area contributed by atoms with Crippen molar-refractivity contribution < 1.29 is 9.57 Å². The van der Waals surface area contributed by atoms with Gasteiger partial charge in [0.25, 0.3) is 0 Å². The fourth-order valence-corrected chi connectivity index (χ4v) is 2.60. The van der Waals surface area contributed by atoms with Crippen LogP contribution in [0.4, 0.5) is 0 Å². The Bertz CT molecular complexity index is 341. The fourth-order valence-electron chi connectivity index (χ4n) is 2.60. The Hall–Kier alpha value is -0.900. The molecule has 0 unspecified atom stereocenters. The number of rotatable bonds is 1. The third-order valence-electron chi connectivity index (χ3n) is 3.29. The molecule has 0 aliphatic carbocycles. The second-order valence-electron chi connectivity index (χ2n) is 4.20. The van der Waals surface area contributed by atoms with Gasteiger partial charge < -0.3 is 4.74 Å².